The molecule has 1 rings (SSSR count). The van der Waals surface area contributed by atoms with Crippen molar-refractivity contribution in [3.8, 4) is 0 Å². The number of benzene rings is 1. The minimum atomic E-state index is -0.888. The molecular weight excluding hydrogens is 336 g/mol. The van der Waals surface area contributed by atoms with Gasteiger partial charge in [0.2, 0.25) is 0 Å². The fraction of sp³-hybridized carbons (Fsp3) is 0.526. The Labute approximate surface area is 154 Å². The third-order valence-electron chi connectivity index (χ3n) is 3.10. The molecule has 0 fully saturated rings. The van der Waals surface area contributed by atoms with Crippen molar-refractivity contribution in [2.24, 2.45) is 5.92 Å². The molecule has 0 spiro atoms. The number of amides is 2. The van der Waals surface area contributed by atoms with Crippen molar-refractivity contribution in [1.29, 1.82) is 0 Å². The van der Waals surface area contributed by atoms with Crippen molar-refractivity contribution in [1.82, 2.24) is 5.32 Å². The molecular formula is C19H28N2O5. The molecule has 0 saturated carbocycles. The maximum atomic E-state index is 12.1. The third kappa shape index (κ3) is 8.00. The summed E-state index contributed by atoms with van der Waals surface area (Å²) in [6.45, 7) is 11.3. The zero-order valence-corrected chi connectivity index (χ0v) is 16.2. The molecule has 0 saturated heterocycles. The molecule has 2 amide bonds. The molecule has 7 heteroatoms. The molecule has 2 N–H and O–H groups in total. The summed E-state index contributed by atoms with van der Waals surface area (Å²) in [5.41, 5.74) is 0.168. The Kier molecular flexibility index (Phi) is 7.61. The van der Waals surface area contributed by atoms with Crippen molar-refractivity contribution in [3.05, 3.63) is 29.8 Å². The van der Waals surface area contributed by atoms with Crippen LogP contribution < -0.4 is 10.6 Å². The fourth-order valence-corrected chi connectivity index (χ4v) is 1.84. The maximum absolute atomic E-state index is 12.1. The lowest BCUT2D eigenvalue weighted by Gasteiger charge is -2.19. The molecule has 7 nitrogen and oxygen atoms in total. The van der Waals surface area contributed by atoms with Gasteiger partial charge in [-0.25, -0.2) is 9.59 Å². The summed E-state index contributed by atoms with van der Waals surface area (Å²) >= 11 is 0. The zero-order chi connectivity index (χ0) is 19.9. The lowest BCUT2D eigenvalue weighted by Crippen LogP contribution is -2.37. The van der Waals surface area contributed by atoms with Crippen LogP contribution in [0.1, 0.15) is 51.9 Å². The lowest BCUT2D eigenvalue weighted by atomic mass is 10.2. The molecule has 1 aromatic carbocycles. The van der Waals surface area contributed by atoms with E-state index in [9.17, 15) is 14.4 Å². The van der Waals surface area contributed by atoms with Gasteiger partial charge in [0.25, 0.3) is 5.91 Å². The van der Waals surface area contributed by atoms with Gasteiger partial charge in [0.05, 0.1) is 5.56 Å². The minimum absolute atomic E-state index is 0.281. The number of carbonyl (C=O) groups is 3. The highest BCUT2D eigenvalue weighted by Crippen LogP contribution is 2.14. The number of rotatable bonds is 6. The van der Waals surface area contributed by atoms with Crippen LogP contribution in [0.5, 0.6) is 0 Å². The van der Waals surface area contributed by atoms with E-state index in [1.54, 1.807) is 32.9 Å². The molecule has 1 atom stereocenters. The smallest absolute Gasteiger partial charge is 0.412 e. The van der Waals surface area contributed by atoms with Gasteiger partial charge in [0.1, 0.15) is 5.60 Å². The standard InChI is InChI=1S/C19H28N2O5/c1-12(2)11-20-16(22)13(3)25-17(23)14-7-9-15(10-8-14)21-18(24)26-19(4,5)6/h7-10,12-13H,11H2,1-6H3,(H,20,22)(H,21,24)/t13-/m1/s1. The average Bonchev–Trinajstić information content (AvgIpc) is 2.51. The number of esters is 1. The molecule has 0 aliphatic rings. The Morgan fingerprint density at radius 2 is 1.62 bits per heavy atom. The first kappa shape index (κ1) is 21.5. The normalized spacial score (nSPS) is 12.3. The van der Waals surface area contributed by atoms with Gasteiger partial charge in [-0.1, -0.05) is 13.8 Å². The predicted octanol–water partition coefficient (Wildman–Crippen LogP) is 3.35. The summed E-state index contributed by atoms with van der Waals surface area (Å²) in [6, 6.07) is 6.13. The first-order chi connectivity index (χ1) is 12.0. The van der Waals surface area contributed by atoms with Crippen molar-refractivity contribution in [2.75, 3.05) is 11.9 Å². The monoisotopic (exact) mass is 364 g/mol. The van der Waals surface area contributed by atoms with Crippen LogP contribution in [0, 0.1) is 5.92 Å². The molecule has 0 aromatic heterocycles. The van der Waals surface area contributed by atoms with Gasteiger partial charge in [-0.05, 0) is 57.9 Å². The topological polar surface area (TPSA) is 93.7 Å². The van der Waals surface area contributed by atoms with Gasteiger partial charge in [-0.3, -0.25) is 10.1 Å². The van der Waals surface area contributed by atoms with Gasteiger partial charge in [-0.2, -0.15) is 0 Å². The van der Waals surface area contributed by atoms with E-state index in [1.165, 1.54) is 19.1 Å². The number of hydrogen-bond donors (Lipinski definition) is 2. The molecule has 144 valence electrons. The van der Waals surface area contributed by atoms with Gasteiger partial charge in [0, 0.05) is 12.2 Å². The van der Waals surface area contributed by atoms with Crippen molar-refractivity contribution in [3.63, 3.8) is 0 Å². The third-order valence-corrected chi connectivity index (χ3v) is 3.10. The lowest BCUT2D eigenvalue weighted by molar-refractivity contribution is -0.129. The average molecular weight is 364 g/mol. The Bertz CT molecular complexity index is 632. The molecule has 0 aliphatic heterocycles. The predicted molar refractivity (Wildman–Crippen MR) is 99.0 cm³/mol. The minimum Gasteiger partial charge on any atom is -0.449 e. The highest BCUT2D eigenvalue weighted by molar-refractivity contribution is 5.93. The second-order valence-corrected chi connectivity index (χ2v) is 7.39. The largest absolute Gasteiger partial charge is 0.449 e. The quantitative estimate of drug-likeness (QED) is 0.755. The van der Waals surface area contributed by atoms with Crippen LogP contribution >= 0.6 is 0 Å². The molecule has 1 aromatic rings. The van der Waals surface area contributed by atoms with Crippen LogP contribution in [-0.2, 0) is 14.3 Å². The number of anilines is 1. The summed E-state index contributed by atoms with van der Waals surface area (Å²) in [7, 11) is 0. The van der Waals surface area contributed by atoms with Crippen LogP contribution in [0.4, 0.5) is 10.5 Å². The Morgan fingerprint density at radius 1 is 1.04 bits per heavy atom. The number of carbonyl (C=O) groups excluding carboxylic acids is 3. The molecule has 26 heavy (non-hydrogen) atoms. The van der Waals surface area contributed by atoms with Gasteiger partial charge in [0.15, 0.2) is 6.10 Å². The van der Waals surface area contributed by atoms with E-state index in [-0.39, 0.29) is 11.5 Å². The number of nitrogens with one attached hydrogen (secondary N) is 2. The Morgan fingerprint density at radius 3 is 2.12 bits per heavy atom. The molecule has 0 aliphatic carbocycles. The molecule has 0 bridgehead atoms. The van der Waals surface area contributed by atoms with Crippen molar-refractivity contribution in [2.45, 2.75) is 53.2 Å². The molecule has 0 unspecified atom stereocenters. The van der Waals surface area contributed by atoms with E-state index >= 15 is 0 Å². The zero-order valence-electron chi connectivity index (χ0n) is 16.2. The van der Waals surface area contributed by atoms with Gasteiger partial charge < -0.3 is 14.8 Å². The van der Waals surface area contributed by atoms with Crippen LogP contribution in [0.2, 0.25) is 0 Å². The van der Waals surface area contributed by atoms with Crippen LogP contribution in [0.25, 0.3) is 0 Å². The second kappa shape index (κ2) is 9.22. The van der Waals surface area contributed by atoms with Crippen molar-refractivity contribution >= 4 is 23.7 Å². The summed E-state index contributed by atoms with van der Waals surface area (Å²) in [5, 5.41) is 5.28. The van der Waals surface area contributed by atoms with Crippen LogP contribution in [-0.4, -0.2) is 36.2 Å². The van der Waals surface area contributed by atoms with Crippen molar-refractivity contribution < 1.29 is 23.9 Å². The number of hydrogen-bond acceptors (Lipinski definition) is 5. The number of ether oxygens (including phenoxy) is 2. The van der Waals surface area contributed by atoms with Crippen LogP contribution in [0.3, 0.4) is 0 Å². The summed E-state index contributed by atoms with van der Waals surface area (Å²) in [6.07, 6.45) is -1.47. The SMILES string of the molecule is CC(C)CNC(=O)[C@@H](C)OC(=O)c1ccc(NC(=O)OC(C)(C)C)cc1. The maximum Gasteiger partial charge on any atom is 0.412 e. The van der Waals surface area contributed by atoms with Crippen LogP contribution in [0.15, 0.2) is 24.3 Å². The van der Waals surface area contributed by atoms with Gasteiger partial charge in [-0.15, -0.1) is 0 Å². The van der Waals surface area contributed by atoms with E-state index in [2.05, 4.69) is 10.6 Å². The summed E-state index contributed by atoms with van der Waals surface area (Å²) < 4.78 is 10.3. The van der Waals surface area contributed by atoms with E-state index in [4.69, 9.17) is 9.47 Å². The Balaban J connectivity index is 2.58. The fourth-order valence-electron chi connectivity index (χ4n) is 1.84. The van der Waals surface area contributed by atoms with E-state index < -0.39 is 23.8 Å². The summed E-state index contributed by atoms with van der Waals surface area (Å²) in [5.74, 6) is -0.636. The molecule has 0 heterocycles. The molecule has 0 radical (unpaired) electrons. The first-order valence-electron chi connectivity index (χ1n) is 8.56. The Hall–Kier alpha value is -2.57. The second-order valence-electron chi connectivity index (χ2n) is 7.39. The van der Waals surface area contributed by atoms with Gasteiger partial charge >= 0.3 is 12.1 Å². The highest BCUT2D eigenvalue weighted by atomic mass is 16.6. The highest BCUT2D eigenvalue weighted by Gasteiger charge is 2.19. The van der Waals surface area contributed by atoms with E-state index in [1.807, 2.05) is 13.8 Å². The first-order valence-corrected chi connectivity index (χ1v) is 8.56. The summed E-state index contributed by atoms with van der Waals surface area (Å²) in [4.78, 5) is 35.7. The van der Waals surface area contributed by atoms with E-state index in [0.29, 0.717) is 18.2 Å². The van der Waals surface area contributed by atoms with E-state index in [0.717, 1.165) is 0 Å².